The number of aromatic nitrogens is 3. The van der Waals surface area contributed by atoms with Crippen molar-refractivity contribution in [1.82, 2.24) is 14.6 Å². The third-order valence-electron chi connectivity index (χ3n) is 5.65. The summed E-state index contributed by atoms with van der Waals surface area (Å²) in [6.45, 7) is 6.44. The number of aromatic amines is 2. The van der Waals surface area contributed by atoms with Gasteiger partial charge in [-0.1, -0.05) is 25.5 Å². The van der Waals surface area contributed by atoms with Gasteiger partial charge in [-0.25, -0.2) is 4.79 Å². The van der Waals surface area contributed by atoms with Gasteiger partial charge in [-0.3, -0.25) is 4.79 Å². The minimum Gasteiger partial charge on any atom is -0.497 e. The average Bonchev–Trinajstić information content (AvgIpc) is 3.01. The van der Waals surface area contributed by atoms with E-state index in [1.54, 1.807) is 25.5 Å². The maximum absolute atomic E-state index is 12.9. The van der Waals surface area contributed by atoms with Crippen molar-refractivity contribution in [1.29, 1.82) is 0 Å². The van der Waals surface area contributed by atoms with Crippen molar-refractivity contribution in [2.75, 3.05) is 7.11 Å². The van der Waals surface area contributed by atoms with Gasteiger partial charge in [0.1, 0.15) is 11.3 Å². The second kappa shape index (κ2) is 6.82. The van der Waals surface area contributed by atoms with E-state index in [0.29, 0.717) is 28.6 Å². The number of nitrogens with zero attached hydrogens (tertiary/aromatic N) is 2. The Kier molecular flexibility index (Phi) is 4.45. The molecule has 28 heavy (non-hydrogen) atoms. The Morgan fingerprint density at radius 1 is 1.21 bits per heavy atom. The van der Waals surface area contributed by atoms with Crippen molar-refractivity contribution in [2.45, 2.75) is 27.2 Å². The Hall–Kier alpha value is -3.09. The standard InChI is InChI=1S/C21H24N4O3/c1-11-7-12(2)16(13(3)8-11)10-22-25-20(26)19-18(24-21(25)27)15-6-5-14(28-4)9-17(15)23-19/h5-7,9-10,12-13,16,23H,8H2,1-4H3,(H,24,27)/b22-10-/t12-,13-,16+/m1/s1. The molecule has 3 atom stereocenters. The minimum atomic E-state index is -0.548. The maximum Gasteiger partial charge on any atom is 0.350 e. The fourth-order valence-corrected chi connectivity index (χ4v) is 4.27. The lowest BCUT2D eigenvalue weighted by Crippen LogP contribution is -2.33. The number of H-pyrrole nitrogens is 2. The normalized spacial score (nSPS) is 22.9. The van der Waals surface area contributed by atoms with Gasteiger partial charge in [0, 0.05) is 23.6 Å². The van der Waals surface area contributed by atoms with Crippen LogP contribution in [0.25, 0.3) is 21.9 Å². The fraction of sp³-hybridized carbons (Fsp3) is 0.381. The highest BCUT2D eigenvalue weighted by Gasteiger charge is 2.25. The van der Waals surface area contributed by atoms with Gasteiger partial charge in [0.2, 0.25) is 0 Å². The van der Waals surface area contributed by atoms with Crippen LogP contribution < -0.4 is 16.0 Å². The summed E-state index contributed by atoms with van der Waals surface area (Å²) in [6, 6.07) is 5.40. The molecule has 0 saturated heterocycles. The van der Waals surface area contributed by atoms with E-state index in [0.717, 1.165) is 22.0 Å². The number of allylic oxidation sites excluding steroid dienone is 2. The van der Waals surface area contributed by atoms with Gasteiger partial charge < -0.3 is 14.7 Å². The molecular weight excluding hydrogens is 356 g/mol. The van der Waals surface area contributed by atoms with Crippen molar-refractivity contribution in [3.8, 4) is 5.75 Å². The summed E-state index contributed by atoms with van der Waals surface area (Å²) in [5, 5.41) is 5.03. The van der Waals surface area contributed by atoms with Crippen molar-refractivity contribution in [3.05, 3.63) is 50.7 Å². The van der Waals surface area contributed by atoms with Crippen molar-refractivity contribution >= 4 is 28.2 Å². The van der Waals surface area contributed by atoms with E-state index in [1.807, 2.05) is 6.07 Å². The molecule has 146 valence electrons. The number of rotatable bonds is 3. The molecule has 0 aliphatic heterocycles. The second-order valence-electron chi connectivity index (χ2n) is 7.73. The fourth-order valence-electron chi connectivity index (χ4n) is 4.27. The molecule has 2 aromatic heterocycles. The average molecular weight is 380 g/mol. The van der Waals surface area contributed by atoms with Crippen LogP contribution in [-0.4, -0.2) is 28.0 Å². The number of fused-ring (bicyclic) bond motifs is 3. The Balaban J connectivity index is 1.81. The van der Waals surface area contributed by atoms with Crippen molar-refractivity contribution in [2.24, 2.45) is 22.9 Å². The number of methoxy groups -OCH3 is 1. The van der Waals surface area contributed by atoms with Crippen LogP contribution in [0.4, 0.5) is 0 Å². The molecular formula is C21H24N4O3. The molecule has 2 N–H and O–H groups in total. The zero-order valence-electron chi connectivity index (χ0n) is 16.4. The van der Waals surface area contributed by atoms with Gasteiger partial charge in [0.05, 0.1) is 18.1 Å². The molecule has 0 amide bonds. The molecule has 1 aromatic carbocycles. The molecule has 0 fully saturated rings. The summed E-state index contributed by atoms with van der Waals surface area (Å²) in [6.07, 6.45) is 4.97. The SMILES string of the molecule is COc1ccc2c(c1)[nH]c1c(=O)n(/N=C\[C@H]3[C@H](C)C=C(C)C[C@H]3C)c(=O)[nH]c12. The van der Waals surface area contributed by atoms with E-state index in [9.17, 15) is 9.59 Å². The van der Waals surface area contributed by atoms with Crippen LogP contribution in [0.1, 0.15) is 27.2 Å². The maximum atomic E-state index is 12.9. The predicted molar refractivity (Wildman–Crippen MR) is 111 cm³/mol. The molecule has 0 spiro atoms. The van der Waals surface area contributed by atoms with Gasteiger partial charge in [-0.15, -0.1) is 4.68 Å². The van der Waals surface area contributed by atoms with E-state index in [1.165, 1.54) is 5.57 Å². The highest BCUT2D eigenvalue weighted by molar-refractivity contribution is 6.04. The van der Waals surface area contributed by atoms with Crippen LogP contribution in [0.15, 0.2) is 44.5 Å². The summed E-state index contributed by atoms with van der Waals surface area (Å²) in [7, 11) is 1.58. The first-order valence-electron chi connectivity index (χ1n) is 9.45. The second-order valence-corrected chi connectivity index (χ2v) is 7.73. The highest BCUT2D eigenvalue weighted by Crippen LogP contribution is 2.32. The molecule has 3 aromatic rings. The molecule has 0 bridgehead atoms. The quantitative estimate of drug-likeness (QED) is 0.540. The van der Waals surface area contributed by atoms with Gasteiger partial charge in [0.15, 0.2) is 0 Å². The molecule has 1 aliphatic carbocycles. The van der Waals surface area contributed by atoms with E-state index in [2.05, 4.69) is 41.9 Å². The molecule has 0 saturated carbocycles. The number of hydrogen-bond donors (Lipinski definition) is 2. The summed E-state index contributed by atoms with van der Waals surface area (Å²) >= 11 is 0. The smallest absolute Gasteiger partial charge is 0.350 e. The third kappa shape index (κ3) is 2.96. The van der Waals surface area contributed by atoms with Gasteiger partial charge >= 0.3 is 11.2 Å². The zero-order chi connectivity index (χ0) is 20.0. The lowest BCUT2D eigenvalue weighted by atomic mass is 9.76. The predicted octanol–water partition coefficient (Wildman–Crippen LogP) is 3.25. The first-order valence-corrected chi connectivity index (χ1v) is 9.45. The number of nitrogens with one attached hydrogen (secondary N) is 2. The van der Waals surface area contributed by atoms with E-state index in [4.69, 9.17) is 4.74 Å². The number of benzene rings is 1. The van der Waals surface area contributed by atoms with E-state index in [-0.39, 0.29) is 5.92 Å². The molecule has 7 nitrogen and oxygen atoms in total. The van der Waals surface area contributed by atoms with Gasteiger partial charge in [-0.2, -0.15) is 5.10 Å². The van der Waals surface area contributed by atoms with E-state index < -0.39 is 11.2 Å². The lowest BCUT2D eigenvalue weighted by molar-refractivity contribution is 0.361. The molecule has 2 heterocycles. The van der Waals surface area contributed by atoms with Crippen LogP contribution in [0.5, 0.6) is 5.75 Å². The first-order chi connectivity index (χ1) is 13.4. The number of hydrogen-bond acceptors (Lipinski definition) is 4. The van der Waals surface area contributed by atoms with Crippen LogP contribution in [0, 0.1) is 17.8 Å². The molecule has 0 radical (unpaired) electrons. The Labute approximate surface area is 161 Å². The van der Waals surface area contributed by atoms with Crippen LogP contribution in [-0.2, 0) is 0 Å². The molecule has 0 unspecified atom stereocenters. The lowest BCUT2D eigenvalue weighted by Gasteiger charge is -2.29. The van der Waals surface area contributed by atoms with Crippen LogP contribution in [0.2, 0.25) is 0 Å². The van der Waals surface area contributed by atoms with Gasteiger partial charge in [-0.05, 0) is 37.3 Å². The summed E-state index contributed by atoms with van der Waals surface area (Å²) < 4.78 is 6.13. The van der Waals surface area contributed by atoms with Crippen molar-refractivity contribution in [3.63, 3.8) is 0 Å². The minimum absolute atomic E-state index is 0.178. The number of ether oxygens (including phenoxy) is 1. The Bertz CT molecular complexity index is 1230. The summed E-state index contributed by atoms with van der Waals surface area (Å²) in [5.74, 6) is 1.57. The van der Waals surface area contributed by atoms with E-state index >= 15 is 0 Å². The highest BCUT2D eigenvalue weighted by atomic mass is 16.5. The van der Waals surface area contributed by atoms with Gasteiger partial charge in [0.25, 0.3) is 0 Å². The largest absolute Gasteiger partial charge is 0.497 e. The van der Waals surface area contributed by atoms with Crippen molar-refractivity contribution < 1.29 is 4.74 Å². The summed E-state index contributed by atoms with van der Waals surface area (Å²) in [4.78, 5) is 31.3. The molecule has 1 aliphatic rings. The zero-order valence-corrected chi connectivity index (χ0v) is 16.4. The van der Waals surface area contributed by atoms with Crippen LogP contribution in [0.3, 0.4) is 0 Å². The first kappa shape index (κ1) is 18.3. The molecule has 4 rings (SSSR count). The topological polar surface area (TPSA) is 92.2 Å². The molecule has 7 heteroatoms. The Morgan fingerprint density at radius 3 is 2.71 bits per heavy atom. The monoisotopic (exact) mass is 380 g/mol. The van der Waals surface area contributed by atoms with Crippen LogP contribution >= 0.6 is 0 Å². The third-order valence-corrected chi connectivity index (χ3v) is 5.65. The summed E-state index contributed by atoms with van der Waals surface area (Å²) in [5.41, 5.74) is 1.88. The Morgan fingerprint density at radius 2 is 2.00 bits per heavy atom.